The van der Waals surface area contributed by atoms with Gasteiger partial charge in [0, 0.05) is 25.5 Å². The van der Waals surface area contributed by atoms with Gasteiger partial charge in [-0.05, 0) is 42.3 Å². The van der Waals surface area contributed by atoms with Gasteiger partial charge in [-0.25, -0.2) is 9.48 Å². The van der Waals surface area contributed by atoms with Crippen LogP contribution in [0.5, 0.6) is 0 Å². The molecule has 0 aliphatic heterocycles. The summed E-state index contributed by atoms with van der Waals surface area (Å²) in [5.41, 5.74) is 1.15. The summed E-state index contributed by atoms with van der Waals surface area (Å²) in [5, 5.41) is 20.0. The first kappa shape index (κ1) is 17.2. The Hall–Kier alpha value is -2.16. The predicted molar refractivity (Wildman–Crippen MR) is 86.2 cm³/mol. The number of nitrogens with one attached hydrogen (secondary N) is 1. The molecule has 0 spiro atoms. The number of aryl methyl sites for hydroxylation is 2. The van der Waals surface area contributed by atoms with Gasteiger partial charge >= 0.3 is 5.97 Å². The summed E-state index contributed by atoms with van der Waals surface area (Å²) < 4.78 is 3.96. The van der Waals surface area contributed by atoms with Gasteiger partial charge in [-0.3, -0.25) is 9.48 Å². The van der Waals surface area contributed by atoms with Crippen molar-refractivity contribution in [2.45, 2.75) is 32.9 Å². The minimum Gasteiger partial charge on any atom is -0.480 e. The highest BCUT2D eigenvalue weighted by Crippen LogP contribution is 2.13. The highest BCUT2D eigenvalue weighted by molar-refractivity contribution is 9.10. The molecule has 0 fully saturated rings. The smallest absolute Gasteiger partial charge is 0.328 e. The summed E-state index contributed by atoms with van der Waals surface area (Å²) >= 11 is 3.40. The van der Waals surface area contributed by atoms with Crippen molar-refractivity contribution in [2.75, 3.05) is 6.54 Å². The van der Waals surface area contributed by atoms with Crippen LogP contribution in [0.3, 0.4) is 0 Å². The van der Waals surface area contributed by atoms with Gasteiger partial charge in [0.25, 0.3) is 5.91 Å². The number of rotatable bonds is 7. The number of amides is 1. The van der Waals surface area contributed by atoms with Crippen molar-refractivity contribution in [3.05, 3.63) is 34.3 Å². The van der Waals surface area contributed by atoms with Crippen molar-refractivity contribution >= 4 is 27.8 Å². The fourth-order valence-electron chi connectivity index (χ4n) is 2.05. The van der Waals surface area contributed by atoms with Crippen LogP contribution in [0.1, 0.15) is 35.6 Å². The molecule has 0 saturated heterocycles. The van der Waals surface area contributed by atoms with Crippen LogP contribution in [0.15, 0.2) is 22.9 Å². The molecule has 0 aliphatic rings. The summed E-state index contributed by atoms with van der Waals surface area (Å²) in [4.78, 5) is 23.1. The number of carboxylic acid groups (broad SMARTS) is 1. The van der Waals surface area contributed by atoms with E-state index in [1.165, 1.54) is 23.9 Å². The van der Waals surface area contributed by atoms with Gasteiger partial charge in [0.1, 0.15) is 11.7 Å². The lowest BCUT2D eigenvalue weighted by Crippen LogP contribution is -2.30. The summed E-state index contributed by atoms with van der Waals surface area (Å²) in [6, 6.07) is 0.609. The van der Waals surface area contributed by atoms with Gasteiger partial charge < -0.3 is 10.4 Å². The Morgan fingerprint density at radius 2 is 2.22 bits per heavy atom. The third-order valence-corrected chi connectivity index (χ3v) is 4.14. The summed E-state index contributed by atoms with van der Waals surface area (Å²) in [6.45, 7) is 4.52. The second-order valence-electron chi connectivity index (χ2n) is 5.11. The molecule has 1 amide bonds. The normalized spacial score (nSPS) is 12.1. The number of hydrogen-bond acceptors (Lipinski definition) is 4. The highest BCUT2D eigenvalue weighted by atomic mass is 79.9. The number of aliphatic carboxylic acids is 1. The quantitative estimate of drug-likeness (QED) is 0.707. The number of carboxylic acids is 1. The Labute approximate surface area is 141 Å². The zero-order chi connectivity index (χ0) is 17.0. The zero-order valence-corrected chi connectivity index (χ0v) is 14.4. The maximum atomic E-state index is 12.1. The molecule has 0 bridgehead atoms. The molecule has 0 radical (unpaired) electrons. The van der Waals surface area contributed by atoms with E-state index in [-0.39, 0.29) is 11.6 Å². The molecule has 124 valence electrons. The molecule has 1 atom stereocenters. The fraction of sp³-hybridized carbons (Fsp3) is 0.429. The number of carbonyl (C=O) groups excluding carboxylic acids is 1. The molecule has 0 saturated carbocycles. The van der Waals surface area contributed by atoms with Gasteiger partial charge in [-0.1, -0.05) is 0 Å². The van der Waals surface area contributed by atoms with Crippen LogP contribution >= 0.6 is 15.9 Å². The molecule has 0 aliphatic carbocycles. The summed E-state index contributed by atoms with van der Waals surface area (Å²) in [7, 11) is 0. The maximum absolute atomic E-state index is 12.1. The van der Waals surface area contributed by atoms with E-state index in [4.69, 9.17) is 5.11 Å². The minimum atomic E-state index is -1.04. The van der Waals surface area contributed by atoms with Gasteiger partial charge in [0.15, 0.2) is 0 Å². The van der Waals surface area contributed by atoms with E-state index in [9.17, 15) is 9.59 Å². The molecule has 0 aromatic carbocycles. The van der Waals surface area contributed by atoms with Gasteiger partial charge in [-0.2, -0.15) is 10.2 Å². The number of halogens is 1. The highest BCUT2D eigenvalue weighted by Gasteiger charge is 2.20. The summed E-state index contributed by atoms with van der Waals surface area (Å²) in [6.07, 6.45) is 4.01. The van der Waals surface area contributed by atoms with Crippen LogP contribution in [-0.2, 0) is 11.3 Å². The molecule has 9 heteroatoms. The number of hydrogen-bond donors (Lipinski definition) is 2. The van der Waals surface area contributed by atoms with Crippen molar-refractivity contribution in [2.24, 2.45) is 0 Å². The molecule has 2 aromatic heterocycles. The van der Waals surface area contributed by atoms with Gasteiger partial charge in [0.2, 0.25) is 0 Å². The van der Waals surface area contributed by atoms with Crippen LogP contribution < -0.4 is 5.32 Å². The van der Waals surface area contributed by atoms with Crippen LogP contribution in [0, 0.1) is 6.92 Å². The average molecular weight is 384 g/mol. The zero-order valence-electron chi connectivity index (χ0n) is 12.9. The average Bonchev–Trinajstić information content (AvgIpc) is 3.10. The van der Waals surface area contributed by atoms with E-state index in [1.54, 1.807) is 0 Å². The maximum Gasteiger partial charge on any atom is 0.328 e. The van der Waals surface area contributed by atoms with Crippen molar-refractivity contribution in [3.8, 4) is 0 Å². The first-order valence-electron chi connectivity index (χ1n) is 7.14. The van der Waals surface area contributed by atoms with E-state index >= 15 is 0 Å². The van der Waals surface area contributed by atoms with Crippen molar-refractivity contribution in [3.63, 3.8) is 0 Å². The van der Waals surface area contributed by atoms with Crippen LogP contribution in [0.25, 0.3) is 0 Å². The van der Waals surface area contributed by atoms with Crippen LogP contribution in [-0.4, -0.2) is 43.1 Å². The monoisotopic (exact) mass is 383 g/mol. The molecule has 1 unspecified atom stereocenters. The third-order valence-electron chi connectivity index (χ3n) is 3.36. The first-order valence-corrected chi connectivity index (χ1v) is 7.93. The Balaban J connectivity index is 1.86. The number of carbonyl (C=O) groups is 2. The van der Waals surface area contributed by atoms with E-state index in [0.29, 0.717) is 19.5 Å². The predicted octanol–water partition coefficient (Wildman–Crippen LogP) is 1.62. The van der Waals surface area contributed by atoms with E-state index in [1.807, 2.05) is 17.8 Å². The third kappa shape index (κ3) is 4.19. The fourth-order valence-corrected chi connectivity index (χ4v) is 2.36. The lowest BCUT2D eigenvalue weighted by atomic mass is 10.3. The van der Waals surface area contributed by atoms with E-state index in [2.05, 4.69) is 31.4 Å². The Morgan fingerprint density at radius 3 is 2.83 bits per heavy atom. The van der Waals surface area contributed by atoms with Gasteiger partial charge in [-0.15, -0.1) is 0 Å². The molecule has 2 rings (SSSR count). The number of aromatic nitrogens is 4. The van der Waals surface area contributed by atoms with E-state index in [0.717, 1.165) is 10.2 Å². The standard InChI is InChI=1S/C14H18BrN5O3/c1-9-11(15)8-19(18-9)7-3-5-16-13(21)12-4-6-17-20(12)10(2)14(22)23/h4,6,8,10H,3,5,7H2,1-2H3,(H,16,21)(H,22,23). The molecular formula is C14H18BrN5O3. The van der Waals surface area contributed by atoms with Crippen molar-refractivity contribution in [1.82, 2.24) is 24.9 Å². The molecule has 8 nitrogen and oxygen atoms in total. The molecule has 2 aromatic rings. The SMILES string of the molecule is Cc1nn(CCCNC(=O)c2ccnn2C(C)C(=O)O)cc1Br. The topological polar surface area (TPSA) is 102 Å². The van der Waals surface area contributed by atoms with Crippen LogP contribution in [0.4, 0.5) is 0 Å². The second-order valence-corrected chi connectivity index (χ2v) is 5.96. The van der Waals surface area contributed by atoms with Gasteiger partial charge in [0.05, 0.1) is 10.2 Å². The largest absolute Gasteiger partial charge is 0.480 e. The Bertz CT molecular complexity index is 690. The number of nitrogens with zero attached hydrogens (tertiary/aromatic N) is 4. The Morgan fingerprint density at radius 1 is 1.48 bits per heavy atom. The minimum absolute atomic E-state index is 0.234. The Kier molecular flexibility index (Phi) is 5.54. The van der Waals surface area contributed by atoms with Crippen LogP contribution in [0.2, 0.25) is 0 Å². The summed E-state index contributed by atoms with van der Waals surface area (Å²) in [5.74, 6) is -1.38. The molecule has 2 heterocycles. The molecule has 2 N–H and O–H groups in total. The lowest BCUT2D eigenvalue weighted by molar-refractivity contribution is -0.140. The second kappa shape index (κ2) is 7.40. The first-order chi connectivity index (χ1) is 10.9. The van der Waals surface area contributed by atoms with Crippen molar-refractivity contribution in [1.29, 1.82) is 0 Å². The van der Waals surface area contributed by atoms with E-state index < -0.39 is 12.0 Å². The van der Waals surface area contributed by atoms with Crippen molar-refractivity contribution < 1.29 is 14.7 Å². The lowest BCUT2D eigenvalue weighted by Gasteiger charge is -2.11. The molecular weight excluding hydrogens is 366 g/mol. The molecule has 23 heavy (non-hydrogen) atoms.